The SMILES string of the molecule is C[SH](C)[C@H]1CCCC2(CCC2)C1. The minimum absolute atomic E-state index is 0.351. The van der Waals surface area contributed by atoms with Gasteiger partial charge in [-0.25, -0.2) is 0 Å². The molecule has 0 radical (unpaired) electrons. The zero-order valence-corrected chi connectivity index (χ0v) is 9.37. The lowest BCUT2D eigenvalue weighted by Crippen LogP contribution is -2.36. The van der Waals surface area contributed by atoms with Gasteiger partial charge in [-0.3, -0.25) is 10.9 Å². The molecule has 0 nitrogen and oxygen atoms in total. The zero-order chi connectivity index (χ0) is 8.60. The van der Waals surface area contributed by atoms with Crippen LogP contribution in [-0.2, 0) is 0 Å². The Balaban J connectivity index is 1.94. The van der Waals surface area contributed by atoms with Gasteiger partial charge in [0.15, 0.2) is 0 Å². The topological polar surface area (TPSA) is 0 Å². The Labute approximate surface area is 79.5 Å². The summed E-state index contributed by atoms with van der Waals surface area (Å²) in [6.45, 7) is 0. The van der Waals surface area contributed by atoms with Gasteiger partial charge in [0.05, 0.1) is 0 Å². The zero-order valence-electron chi connectivity index (χ0n) is 8.47. The largest absolute Gasteiger partial charge is 0.256 e. The molecule has 0 N–H and O–H groups in total. The maximum atomic E-state index is 2.47. The molecule has 0 unspecified atom stereocenters. The van der Waals surface area contributed by atoms with Crippen LogP contribution in [0.3, 0.4) is 0 Å². The molecule has 0 bridgehead atoms. The molecule has 1 atom stereocenters. The van der Waals surface area contributed by atoms with E-state index in [-0.39, 0.29) is 0 Å². The first kappa shape index (κ1) is 8.93. The molecule has 12 heavy (non-hydrogen) atoms. The molecule has 2 rings (SSSR count). The summed E-state index contributed by atoms with van der Waals surface area (Å²) in [5.74, 6) is 0. The third kappa shape index (κ3) is 1.53. The Hall–Kier alpha value is 0.350. The van der Waals surface area contributed by atoms with Crippen molar-refractivity contribution in [1.82, 2.24) is 0 Å². The average molecular weight is 186 g/mol. The monoisotopic (exact) mass is 186 g/mol. The summed E-state index contributed by atoms with van der Waals surface area (Å²) in [5.41, 5.74) is 0.871. The van der Waals surface area contributed by atoms with Gasteiger partial charge < -0.3 is 0 Å². The van der Waals surface area contributed by atoms with Crippen molar-refractivity contribution < 1.29 is 0 Å². The van der Waals surface area contributed by atoms with Crippen LogP contribution in [0, 0.1) is 5.41 Å². The molecule has 2 fully saturated rings. The minimum Gasteiger partial charge on any atom is -0.256 e. The quantitative estimate of drug-likeness (QED) is 0.596. The van der Waals surface area contributed by atoms with Gasteiger partial charge in [0.2, 0.25) is 0 Å². The molecule has 1 heteroatoms. The summed E-state index contributed by atoms with van der Waals surface area (Å²) < 4.78 is 0. The average Bonchev–Trinajstić information content (AvgIpc) is 2.02. The first-order valence-electron chi connectivity index (χ1n) is 5.38. The lowest BCUT2D eigenvalue weighted by molar-refractivity contribution is 0.0806. The number of hydrogen-bond acceptors (Lipinski definition) is 0. The van der Waals surface area contributed by atoms with Crippen molar-refractivity contribution in [2.75, 3.05) is 12.5 Å². The van der Waals surface area contributed by atoms with Gasteiger partial charge in [0.1, 0.15) is 0 Å². The molecule has 1 spiro atoms. The smallest absolute Gasteiger partial charge is 0.0136 e. The van der Waals surface area contributed by atoms with E-state index in [1.54, 1.807) is 32.1 Å². The van der Waals surface area contributed by atoms with Crippen LogP contribution in [0.25, 0.3) is 0 Å². The molecular formula is C11H22S. The molecular weight excluding hydrogens is 164 g/mol. The number of rotatable bonds is 1. The molecule has 2 aliphatic rings. The van der Waals surface area contributed by atoms with E-state index in [4.69, 9.17) is 0 Å². The molecule has 2 aliphatic carbocycles. The van der Waals surface area contributed by atoms with E-state index in [9.17, 15) is 0 Å². The Bertz CT molecular complexity index is 158. The molecule has 0 heterocycles. The van der Waals surface area contributed by atoms with Crippen molar-refractivity contribution in [1.29, 1.82) is 0 Å². The fourth-order valence-corrected chi connectivity index (χ4v) is 4.44. The number of thiol groups is 1. The summed E-state index contributed by atoms with van der Waals surface area (Å²) in [5, 5.41) is 1.12. The summed E-state index contributed by atoms with van der Waals surface area (Å²) in [4.78, 5) is 0. The molecule has 2 saturated carbocycles. The fraction of sp³-hybridized carbons (Fsp3) is 1.00. The van der Waals surface area contributed by atoms with Crippen LogP contribution in [0.1, 0.15) is 44.9 Å². The van der Waals surface area contributed by atoms with E-state index >= 15 is 0 Å². The highest BCUT2D eigenvalue weighted by Gasteiger charge is 2.40. The predicted octanol–water partition coefficient (Wildman–Crippen LogP) is 3.36. The first-order valence-corrected chi connectivity index (χ1v) is 7.69. The van der Waals surface area contributed by atoms with E-state index in [0.29, 0.717) is 10.9 Å². The van der Waals surface area contributed by atoms with E-state index < -0.39 is 0 Å². The Morgan fingerprint density at radius 1 is 1.08 bits per heavy atom. The van der Waals surface area contributed by atoms with Crippen molar-refractivity contribution in [2.45, 2.75) is 50.2 Å². The summed E-state index contributed by atoms with van der Waals surface area (Å²) in [6.07, 6.45) is 15.8. The van der Waals surface area contributed by atoms with E-state index in [2.05, 4.69) is 12.5 Å². The van der Waals surface area contributed by atoms with Crippen LogP contribution in [-0.4, -0.2) is 17.8 Å². The van der Waals surface area contributed by atoms with Gasteiger partial charge in [-0.05, 0) is 55.3 Å². The fourth-order valence-electron chi connectivity index (χ4n) is 2.99. The molecule has 0 aromatic carbocycles. The Kier molecular flexibility index (Phi) is 2.42. The summed E-state index contributed by atoms with van der Waals surface area (Å²) in [6, 6.07) is 0. The van der Waals surface area contributed by atoms with Crippen molar-refractivity contribution in [3.05, 3.63) is 0 Å². The summed E-state index contributed by atoms with van der Waals surface area (Å²) in [7, 11) is 0.351. The standard InChI is InChI=1S/C11H22S/c1-12(2)10-5-3-6-11(9-10)7-4-8-11/h10,12H,3-9H2,1-2H3/t10-/m0/s1. The molecule has 0 aliphatic heterocycles. The van der Waals surface area contributed by atoms with Gasteiger partial charge in [-0.2, -0.15) is 0 Å². The van der Waals surface area contributed by atoms with E-state index in [0.717, 1.165) is 10.7 Å². The Morgan fingerprint density at radius 2 is 1.75 bits per heavy atom. The third-order valence-corrected chi connectivity index (χ3v) is 5.96. The number of hydrogen-bond donors (Lipinski definition) is 1. The van der Waals surface area contributed by atoms with Gasteiger partial charge >= 0.3 is 0 Å². The maximum absolute atomic E-state index is 2.47. The highest BCUT2D eigenvalue weighted by Crippen LogP contribution is 2.54. The highest BCUT2D eigenvalue weighted by molar-refractivity contribution is 8.16. The molecule has 0 aromatic heterocycles. The minimum atomic E-state index is 0.351. The second kappa shape index (κ2) is 3.25. The van der Waals surface area contributed by atoms with Crippen LogP contribution < -0.4 is 0 Å². The van der Waals surface area contributed by atoms with Gasteiger partial charge in [-0.15, -0.1) is 0 Å². The van der Waals surface area contributed by atoms with E-state index in [1.807, 2.05) is 0 Å². The van der Waals surface area contributed by atoms with Gasteiger partial charge in [-0.1, -0.05) is 12.8 Å². The second-order valence-corrected chi connectivity index (χ2v) is 7.72. The first-order chi connectivity index (χ1) is 5.72. The predicted molar refractivity (Wildman–Crippen MR) is 59.4 cm³/mol. The van der Waals surface area contributed by atoms with Crippen molar-refractivity contribution in [3.63, 3.8) is 0 Å². The van der Waals surface area contributed by atoms with Gasteiger partial charge in [0.25, 0.3) is 0 Å². The maximum Gasteiger partial charge on any atom is -0.0136 e. The Morgan fingerprint density at radius 3 is 2.25 bits per heavy atom. The van der Waals surface area contributed by atoms with Gasteiger partial charge in [0, 0.05) is 0 Å². The van der Waals surface area contributed by atoms with E-state index in [1.165, 1.54) is 12.8 Å². The van der Waals surface area contributed by atoms with Crippen LogP contribution >= 0.6 is 10.9 Å². The molecule has 0 aromatic rings. The normalized spacial score (nSPS) is 34.5. The van der Waals surface area contributed by atoms with Crippen molar-refractivity contribution >= 4 is 10.9 Å². The molecule has 72 valence electrons. The van der Waals surface area contributed by atoms with Crippen molar-refractivity contribution in [3.8, 4) is 0 Å². The highest BCUT2D eigenvalue weighted by atomic mass is 32.2. The second-order valence-electron chi connectivity index (χ2n) is 5.07. The van der Waals surface area contributed by atoms with Crippen LogP contribution in [0.5, 0.6) is 0 Å². The van der Waals surface area contributed by atoms with Crippen molar-refractivity contribution in [2.24, 2.45) is 5.41 Å². The molecule has 0 saturated heterocycles. The lowest BCUT2D eigenvalue weighted by Gasteiger charge is -2.49. The van der Waals surface area contributed by atoms with Crippen LogP contribution in [0.2, 0.25) is 0 Å². The third-order valence-electron chi connectivity index (χ3n) is 4.06. The van der Waals surface area contributed by atoms with Crippen LogP contribution in [0.4, 0.5) is 0 Å². The summed E-state index contributed by atoms with van der Waals surface area (Å²) >= 11 is 0. The van der Waals surface area contributed by atoms with Crippen LogP contribution in [0.15, 0.2) is 0 Å². The molecule has 0 amide bonds. The lowest BCUT2D eigenvalue weighted by atomic mass is 9.61.